The number of aliphatic hydroxyl groups excluding tert-OH is 2. The van der Waals surface area contributed by atoms with Gasteiger partial charge in [0.2, 0.25) is 5.91 Å². The molecule has 1 fully saturated rings. The van der Waals surface area contributed by atoms with E-state index in [2.05, 4.69) is 4.90 Å². The topological polar surface area (TPSA) is 86.8 Å². The molecule has 116 valence electrons. The highest BCUT2D eigenvalue weighted by molar-refractivity contribution is 6.31. The molecule has 0 bridgehead atoms. The molecule has 0 aromatic heterocycles. The summed E-state index contributed by atoms with van der Waals surface area (Å²) in [5.41, 5.74) is 5.84. The summed E-state index contributed by atoms with van der Waals surface area (Å²) in [6.07, 6.45) is -0.324. The Morgan fingerprint density at radius 1 is 1.33 bits per heavy atom. The van der Waals surface area contributed by atoms with Gasteiger partial charge in [-0.3, -0.25) is 4.79 Å². The third kappa shape index (κ3) is 4.17. The molecule has 6 heteroatoms. The Labute approximate surface area is 129 Å². The molecule has 5 nitrogen and oxygen atoms in total. The summed E-state index contributed by atoms with van der Waals surface area (Å²) < 4.78 is 0. The first-order valence-electron chi connectivity index (χ1n) is 7.11. The Bertz CT molecular complexity index is 490. The minimum atomic E-state index is -1.07. The Balaban J connectivity index is 1.86. The average Bonchev–Trinajstić information content (AvgIpc) is 2.47. The summed E-state index contributed by atoms with van der Waals surface area (Å²) in [5, 5.41) is 20.5. The summed E-state index contributed by atoms with van der Waals surface area (Å²) in [7, 11) is 0. The van der Waals surface area contributed by atoms with E-state index in [0.29, 0.717) is 24.4 Å². The largest absolute Gasteiger partial charge is 0.387 e. The van der Waals surface area contributed by atoms with E-state index in [-0.39, 0.29) is 5.92 Å². The van der Waals surface area contributed by atoms with Gasteiger partial charge in [-0.05, 0) is 37.9 Å². The van der Waals surface area contributed by atoms with Crippen LogP contribution in [0.2, 0.25) is 5.02 Å². The maximum atomic E-state index is 11.0. The number of primary amides is 1. The van der Waals surface area contributed by atoms with Gasteiger partial charge in [-0.25, -0.2) is 0 Å². The highest BCUT2D eigenvalue weighted by Crippen LogP contribution is 2.26. The van der Waals surface area contributed by atoms with Gasteiger partial charge in [0, 0.05) is 17.1 Å². The normalized spacial score (nSPS) is 20.1. The fourth-order valence-electron chi connectivity index (χ4n) is 2.77. The minimum Gasteiger partial charge on any atom is -0.387 e. The van der Waals surface area contributed by atoms with Gasteiger partial charge in [0.15, 0.2) is 0 Å². The Hall–Kier alpha value is -1.14. The van der Waals surface area contributed by atoms with Crippen LogP contribution in [0.25, 0.3) is 0 Å². The molecule has 2 atom stereocenters. The number of likely N-dealkylation sites (tertiary alicyclic amines) is 1. The van der Waals surface area contributed by atoms with Crippen LogP contribution in [0.3, 0.4) is 0 Å². The lowest BCUT2D eigenvalue weighted by Gasteiger charge is -2.34. The highest BCUT2D eigenvalue weighted by atomic mass is 35.5. The SMILES string of the molecule is NC(=O)[C@@H](O)C1CCN(C[C@H](O)c2ccccc2Cl)CC1. The number of amides is 1. The molecule has 1 amide bonds. The maximum Gasteiger partial charge on any atom is 0.246 e. The molecule has 4 N–H and O–H groups in total. The van der Waals surface area contributed by atoms with Crippen LogP contribution < -0.4 is 5.73 Å². The van der Waals surface area contributed by atoms with Crippen LogP contribution in [0.5, 0.6) is 0 Å². The van der Waals surface area contributed by atoms with Crippen molar-refractivity contribution in [3.63, 3.8) is 0 Å². The van der Waals surface area contributed by atoms with Crippen molar-refractivity contribution in [1.82, 2.24) is 4.90 Å². The third-order valence-corrected chi connectivity index (χ3v) is 4.41. The smallest absolute Gasteiger partial charge is 0.246 e. The molecule has 1 heterocycles. The molecule has 1 aromatic carbocycles. The van der Waals surface area contributed by atoms with Gasteiger partial charge in [-0.15, -0.1) is 0 Å². The lowest BCUT2D eigenvalue weighted by molar-refractivity contribution is -0.129. The van der Waals surface area contributed by atoms with Crippen LogP contribution in [0, 0.1) is 5.92 Å². The third-order valence-electron chi connectivity index (χ3n) is 4.07. The van der Waals surface area contributed by atoms with Crippen molar-refractivity contribution >= 4 is 17.5 Å². The minimum absolute atomic E-state index is 0.0868. The van der Waals surface area contributed by atoms with Gasteiger partial charge in [0.25, 0.3) is 0 Å². The summed E-state index contributed by atoms with van der Waals surface area (Å²) >= 11 is 6.07. The van der Waals surface area contributed by atoms with Gasteiger partial charge in [-0.2, -0.15) is 0 Å². The molecule has 0 radical (unpaired) electrons. The van der Waals surface area contributed by atoms with Crippen LogP contribution >= 0.6 is 11.6 Å². The van der Waals surface area contributed by atoms with Crippen molar-refractivity contribution in [1.29, 1.82) is 0 Å². The average molecular weight is 313 g/mol. The number of carbonyl (C=O) groups excluding carboxylic acids is 1. The summed E-state index contributed by atoms with van der Waals surface area (Å²) in [4.78, 5) is 13.1. The molecule has 1 saturated heterocycles. The van der Waals surface area contributed by atoms with Crippen molar-refractivity contribution in [3.8, 4) is 0 Å². The molecule has 0 unspecified atom stereocenters. The molecule has 2 rings (SSSR count). The van der Waals surface area contributed by atoms with E-state index < -0.39 is 18.1 Å². The first kappa shape index (κ1) is 16.2. The number of β-amino-alcohol motifs (C(OH)–C–C–N with tert-alkyl or cyclic N) is 1. The van der Waals surface area contributed by atoms with E-state index in [1.54, 1.807) is 6.07 Å². The van der Waals surface area contributed by atoms with E-state index in [1.807, 2.05) is 18.2 Å². The highest BCUT2D eigenvalue weighted by Gasteiger charge is 2.29. The summed E-state index contributed by atoms with van der Waals surface area (Å²) in [6, 6.07) is 7.25. The molecule has 0 spiro atoms. The Morgan fingerprint density at radius 3 is 2.52 bits per heavy atom. The lowest BCUT2D eigenvalue weighted by Crippen LogP contribution is -2.43. The predicted octanol–water partition coefficient (Wildman–Crippen LogP) is 0.932. The van der Waals surface area contributed by atoms with E-state index >= 15 is 0 Å². The number of nitrogens with zero attached hydrogens (tertiary/aromatic N) is 1. The summed E-state index contributed by atoms with van der Waals surface area (Å²) in [6.45, 7) is 1.93. The Morgan fingerprint density at radius 2 is 1.95 bits per heavy atom. The predicted molar refractivity (Wildman–Crippen MR) is 80.8 cm³/mol. The van der Waals surface area contributed by atoms with Crippen LogP contribution in [-0.4, -0.2) is 46.8 Å². The van der Waals surface area contributed by atoms with Crippen LogP contribution in [0.1, 0.15) is 24.5 Å². The molecule has 21 heavy (non-hydrogen) atoms. The van der Waals surface area contributed by atoms with Gasteiger partial charge >= 0.3 is 0 Å². The quantitative estimate of drug-likeness (QED) is 0.755. The first-order valence-corrected chi connectivity index (χ1v) is 7.49. The van der Waals surface area contributed by atoms with Gasteiger partial charge in [0.05, 0.1) is 6.10 Å². The first-order chi connectivity index (χ1) is 9.99. The number of hydrogen-bond acceptors (Lipinski definition) is 4. The zero-order chi connectivity index (χ0) is 15.4. The van der Waals surface area contributed by atoms with Gasteiger partial charge in [0.1, 0.15) is 6.10 Å². The summed E-state index contributed by atoms with van der Waals surface area (Å²) in [5.74, 6) is -0.749. The second-order valence-electron chi connectivity index (χ2n) is 5.52. The monoisotopic (exact) mass is 312 g/mol. The van der Waals surface area contributed by atoms with Crippen molar-refractivity contribution < 1.29 is 15.0 Å². The number of carbonyl (C=O) groups is 1. The fourth-order valence-corrected chi connectivity index (χ4v) is 3.03. The van der Waals surface area contributed by atoms with Crippen molar-refractivity contribution in [2.75, 3.05) is 19.6 Å². The molecular formula is C15H21ClN2O3. The second-order valence-corrected chi connectivity index (χ2v) is 5.93. The molecular weight excluding hydrogens is 292 g/mol. The number of piperidine rings is 1. The standard InChI is InChI=1S/C15H21ClN2O3/c16-12-4-2-1-3-11(12)13(19)9-18-7-5-10(6-8-18)14(20)15(17)21/h1-4,10,13-14,19-20H,5-9H2,(H2,17,21)/t13-,14-/m0/s1. The van der Waals surface area contributed by atoms with Crippen LogP contribution in [0.15, 0.2) is 24.3 Å². The maximum absolute atomic E-state index is 11.0. The molecule has 0 saturated carbocycles. The van der Waals surface area contributed by atoms with E-state index in [1.165, 1.54) is 0 Å². The number of nitrogens with two attached hydrogens (primary N) is 1. The molecule has 1 aromatic rings. The molecule has 0 aliphatic carbocycles. The zero-order valence-electron chi connectivity index (χ0n) is 11.8. The number of hydrogen-bond donors (Lipinski definition) is 3. The Kier molecular flexibility index (Phi) is 5.58. The number of rotatable bonds is 5. The fraction of sp³-hybridized carbons (Fsp3) is 0.533. The van der Waals surface area contributed by atoms with E-state index in [9.17, 15) is 15.0 Å². The second kappa shape index (κ2) is 7.22. The van der Waals surface area contributed by atoms with Gasteiger partial charge < -0.3 is 20.8 Å². The van der Waals surface area contributed by atoms with Crippen molar-refractivity contribution in [2.24, 2.45) is 11.7 Å². The number of aliphatic hydroxyl groups is 2. The lowest BCUT2D eigenvalue weighted by atomic mass is 9.90. The zero-order valence-corrected chi connectivity index (χ0v) is 12.5. The van der Waals surface area contributed by atoms with E-state index in [4.69, 9.17) is 17.3 Å². The van der Waals surface area contributed by atoms with Crippen LogP contribution in [-0.2, 0) is 4.79 Å². The van der Waals surface area contributed by atoms with Crippen molar-refractivity contribution in [2.45, 2.75) is 25.0 Å². The molecule has 1 aliphatic heterocycles. The van der Waals surface area contributed by atoms with Crippen molar-refractivity contribution in [3.05, 3.63) is 34.9 Å². The number of halogens is 1. The molecule has 1 aliphatic rings. The van der Waals surface area contributed by atoms with Crippen LogP contribution in [0.4, 0.5) is 0 Å². The number of benzene rings is 1. The van der Waals surface area contributed by atoms with E-state index in [0.717, 1.165) is 18.7 Å². The van der Waals surface area contributed by atoms with Gasteiger partial charge in [-0.1, -0.05) is 29.8 Å².